The van der Waals surface area contributed by atoms with Crippen molar-refractivity contribution in [1.29, 1.82) is 0 Å². The first-order valence-electron chi connectivity index (χ1n) is 7.80. The molecule has 1 N–H and O–H groups in total. The Labute approximate surface area is 119 Å². The number of fused-ring (bicyclic) bond motifs is 2. The largest absolute Gasteiger partial charge is 0.481 e. The SMILES string of the molecule is O=C(O)C1CC2CCC1N2Cc1ccc(C2CC2)cc1. The third kappa shape index (κ3) is 2.05. The van der Waals surface area contributed by atoms with Crippen LogP contribution in [-0.2, 0) is 11.3 Å². The standard InChI is InChI=1S/C17H21NO2/c19-17(20)15-9-14-7-8-16(15)18(14)10-11-1-3-12(4-2-11)13-5-6-13/h1-4,13-16H,5-10H2,(H,19,20). The summed E-state index contributed by atoms with van der Waals surface area (Å²) >= 11 is 0. The number of aliphatic carboxylic acids is 1. The molecule has 2 aliphatic heterocycles. The van der Waals surface area contributed by atoms with Gasteiger partial charge < -0.3 is 5.11 Å². The third-order valence-corrected chi connectivity index (χ3v) is 5.39. The fraction of sp³-hybridized carbons (Fsp3) is 0.588. The summed E-state index contributed by atoms with van der Waals surface area (Å²) in [6.07, 6.45) is 5.77. The van der Waals surface area contributed by atoms with E-state index in [0.717, 1.165) is 25.3 Å². The van der Waals surface area contributed by atoms with Crippen LogP contribution in [0.2, 0.25) is 0 Å². The Morgan fingerprint density at radius 3 is 2.50 bits per heavy atom. The minimum atomic E-state index is -0.605. The number of carboxylic acids is 1. The molecule has 3 fully saturated rings. The predicted octanol–water partition coefficient (Wildman–Crippen LogP) is 3.00. The highest BCUT2D eigenvalue weighted by atomic mass is 16.4. The smallest absolute Gasteiger partial charge is 0.308 e. The molecule has 0 amide bonds. The first kappa shape index (κ1) is 12.4. The van der Waals surface area contributed by atoms with Gasteiger partial charge in [-0.1, -0.05) is 24.3 Å². The molecule has 3 atom stereocenters. The first-order chi connectivity index (χ1) is 9.72. The van der Waals surface area contributed by atoms with Crippen molar-refractivity contribution in [3.63, 3.8) is 0 Å². The van der Waals surface area contributed by atoms with Gasteiger partial charge in [0.05, 0.1) is 5.92 Å². The summed E-state index contributed by atoms with van der Waals surface area (Å²) in [7, 11) is 0. The van der Waals surface area contributed by atoms with Crippen molar-refractivity contribution in [2.75, 3.05) is 0 Å². The van der Waals surface area contributed by atoms with Gasteiger partial charge in [-0.25, -0.2) is 0 Å². The van der Waals surface area contributed by atoms with Gasteiger partial charge >= 0.3 is 5.97 Å². The fourth-order valence-electron chi connectivity index (χ4n) is 4.14. The Hall–Kier alpha value is -1.35. The van der Waals surface area contributed by atoms with Crippen LogP contribution < -0.4 is 0 Å². The Morgan fingerprint density at radius 1 is 1.15 bits per heavy atom. The lowest BCUT2D eigenvalue weighted by molar-refractivity contribution is -0.142. The van der Waals surface area contributed by atoms with Gasteiger partial charge in [0, 0.05) is 18.6 Å². The Balaban J connectivity index is 1.47. The molecule has 2 saturated heterocycles. The lowest BCUT2D eigenvalue weighted by Crippen LogP contribution is -2.32. The number of hydrogen-bond donors (Lipinski definition) is 1. The van der Waals surface area contributed by atoms with Crippen LogP contribution in [0.1, 0.15) is 49.1 Å². The van der Waals surface area contributed by atoms with Crippen LogP contribution in [0.15, 0.2) is 24.3 Å². The summed E-state index contributed by atoms with van der Waals surface area (Å²) in [5.74, 6) is 0.0641. The van der Waals surface area contributed by atoms with Crippen LogP contribution in [0.25, 0.3) is 0 Å². The van der Waals surface area contributed by atoms with Crippen LogP contribution in [-0.4, -0.2) is 28.1 Å². The number of hydrogen-bond acceptors (Lipinski definition) is 2. The van der Waals surface area contributed by atoms with Gasteiger partial charge in [-0.05, 0) is 49.1 Å². The summed E-state index contributed by atoms with van der Waals surface area (Å²) in [5, 5.41) is 9.30. The molecule has 4 rings (SSSR count). The second-order valence-corrected chi connectivity index (χ2v) is 6.67. The van der Waals surface area contributed by atoms with Crippen molar-refractivity contribution >= 4 is 5.97 Å². The van der Waals surface area contributed by atoms with Gasteiger partial charge in [0.15, 0.2) is 0 Å². The summed E-state index contributed by atoms with van der Waals surface area (Å²) in [5.41, 5.74) is 2.80. The maximum absolute atomic E-state index is 11.3. The molecule has 0 spiro atoms. The van der Waals surface area contributed by atoms with Gasteiger partial charge in [-0.15, -0.1) is 0 Å². The van der Waals surface area contributed by atoms with Crippen LogP contribution in [0, 0.1) is 5.92 Å². The molecule has 1 aromatic rings. The topological polar surface area (TPSA) is 40.5 Å². The molecule has 3 nitrogen and oxygen atoms in total. The van der Waals surface area contributed by atoms with E-state index in [1.54, 1.807) is 0 Å². The zero-order chi connectivity index (χ0) is 13.7. The van der Waals surface area contributed by atoms with Crippen LogP contribution >= 0.6 is 0 Å². The third-order valence-electron chi connectivity index (χ3n) is 5.39. The highest BCUT2D eigenvalue weighted by Crippen LogP contribution is 2.43. The second-order valence-electron chi connectivity index (χ2n) is 6.67. The molecule has 2 heterocycles. The van der Waals surface area contributed by atoms with Crippen LogP contribution in [0.4, 0.5) is 0 Å². The predicted molar refractivity (Wildman–Crippen MR) is 76.5 cm³/mol. The molecule has 20 heavy (non-hydrogen) atoms. The minimum absolute atomic E-state index is 0.139. The normalized spacial score (nSPS) is 32.7. The number of rotatable bonds is 4. The molecule has 3 aliphatic rings. The van der Waals surface area contributed by atoms with E-state index in [0.29, 0.717) is 6.04 Å². The van der Waals surface area contributed by atoms with Crippen molar-refractivity contribution in [2.45, 2.75) is 56.7 Å². The lowest BCUT2D eigenvalue weighted by Gasteiger charge is -2.22. The number of carbonyl (C=O) groups is 1. The molecule has 0 radical (unpaired) electrons. The summed E-state index contributed by atoms with van der Waals surface area (Å²) in [4.78, 5) is 13.7. The van der Waals surface area contributed by atoms with Gasteiger partial charge in [-0.3, -0.25) is 9.69 Å². The van der Waals surface area contributed by atoms with E-state index in [1.165, 1.54) is 30.4 Å². The van der Waals surface area contributed by atoms with Crippen LogP contribution in [0.3, 0.4) is 0 Å². The van der Waals surface area contributed by atoms with Gasteiger partial charge in [-0.2, -0.15) is 0 Å². The van der Waals surface area contributed by atoms with Crippen molar-refractivity contribution in [3.8, 4) is 0 Å². The van der Waals surface area contributed by atoms with Crippen molar-refractivity contribution in [1.82, 2.24) is 4.90 Å². The molecule has 3 heteroatoms. The van der Waals surface area contributed by atoms with Gasteiger partial charge in [0.1, 0.15) is 0 Å². The Bertz CT molecular complexity index is 520. The Kier molecular flexibility index (Phi) is 2.84. The van der Waals surface area contributed by atoms with E-state index < -0.39 is 5.97 Å². The van der Waals surface area contributed by atoms with E-state index in [4.69, 9.17) is 0 Å². The van der Waals surface area contributed by atoms with Crippen molar-refractivity contribution < 1.29 is 9.90 Å². The Morgan fingerprint density at radius 2 is 1.90 bits per heavy atom. The number of carboxylic acid groups (broad SMARTS) is 1. The maximum atomic E-state index is 11.3. The van der Waals surface area contributed by atoms with E-state index in [-0.39, 0.29) is 12.0 Å². The van der Waals surface area contributed by atoms with Crippen LogP contribution in [0.5, 0.6) is 0 Å². The minimum Gasteiger partial charge on any atom is -0.481 e. The molecular weight excluding hydrogens is 250 g/mol. The van der Waals surface area contributed by atoms with Gasteiger partial charge in [0.25, 0.3) is 0 Å². The van der Waals surface area contributed by atoms with E-state index in [9.17, 15) is 9.90 Å². The molecule has 1 aliphatic carbocycles. The first-order valence-corrected chi connectivity index (χ1v) is 7.80. The molecule has 1 saturated carbocycles. The summed E-state index contributed by atoms with van der Waals surface area (Å²) in [6, 6.07) is 9.76. The number of benzene rings is 1. The van der Waals surface area contributed by atoms with E-state index in [1.807, 2.05) is 0 Å². The van der Waals surface area contributed by atoms with E-state index >= 15 is 0 Å². The second kappa shape index (κ2) is 4.59. The molecular formula is C17H21NO2. The molecule has 106 valence electrons. The average molecular weight is 271 g/mol. The quantitative estimate of drug-likeness (QED) is 0.915. The molecule has 2 bridgehead atoms. The van der Waals surface area contributed by atoms with Crippen molar-refractivity contribution in [2.24, 2.45) is 5.92 Å². The van der Waals surface area contributed by atoms with E-state index in [2.05, 4.69) is 29.2 Å². The zero-order valence-corrected chi connectivity index (χ0v) is 11.7. The monoisotopic (exact) mass is 271 g/mol. The van der Waals surface area contributed by atoms with Gasteiger partial charge in [0.2, 0.25) is 0 Å². The number of nitrogens with zero attached hydrogens (tertiary/aromatic N) is 1. The molecule has 0 aromatic heterocycles. The fourth-order valence-corrected chi connectivity index (χ4v) is 4.14. The highest BCUT2D eigenvalue weighted by Gasteiger charge is 2.48. The molecule has 3 unspecified atom stereocenters. The summed E-state index contributed by atoms with van der Waals surface area (Å²) < 4.78 is 0. The maximum Gasteiger partial charge on any atom is 0.308 e. The average Bonchev–Trinajstić information content (AvgIpc) is 3.18. The zero-order valence-electron chi connectivity index (χ0n) is 11.7. The highest BCUT2D eigenvalue weighted by molar-refractivity contribution is 5.71. The lowest BCUT2D eigenvalue weighted by atomic mass is 9.89. The summed E-state index contributed by atoms with van der Waals surface area (Å²) in [6.45, 7) is 0.921. The van der Waals surface area contributed by atoms with Crippen molar-refractivity contribution in [3.05, 3.63) is 35.4 Å². The molecule has 1 aromatic carbocycles.